The number of carbonyl (C=O) groups excluding carboxylic acids is 1. The van der Waals surface area contributed by atoms with E-state index < -0.39 is 0 Å². The quantitative estimate of drug-likeness (QED) is 0.783. The first-order valence-electron chi connectivity index (χ1n) is 6.18. The molecule has 0 spiro atoms. The lowest BCUT2D eigenvalue weighted by molar-refractivity contribution is -0.122. The summed E-state index contributed by atoms with van der Waals surface area (Å²) in [4.78, 5) is 11.7. The summed E-state index contributed by atoms with van der Waals surface area (Å²) in [6.07, 6.45) is 1.94. The van der Waals surface area contributed by atoms with Crippen LogP contribution in [0, 0.1) is 0 Å². The summed E-state index contributed by atoms with van der Waals surface area (Å²) in [5.74, 6) is 0.0871. The molecule has 2 N–H and O–H groups in total. The van der Waals surface area contributed by atoms with Crippen molar-refractivity contribution in [1.82, 2.24) is 10.6 Å². The molecule has 0 saturated carbocycles. The second kappa shape index (κ2) is 7.45. The van der Waals surface area contributed by atoms with Gasteiger partial charge < -0.3 is 10.6 Å². The highest BCUT2D eigenvalue weighted by molar-refractivity contribution is 7.07. The van der Waals surface area contributed by atoms with E-state index in [2.05, 4.69) is 41.3 Å². The molecular weight excluding hydrogens is 232 g/mol. The molecular formula is C13H22N2OS. The molecule has 2 atom stereocenters. The van der Waals surface area contributed by atoms with E-state index in [9.17, 15) is 4.79 Å². The van der Waals surface area contributed by atoms with E-state index in [0.29, 0.717) is 6.04 Å². The molecule has 1 rings (SSSR count). The van der Waals surface area contributed by atoms with Crippen LogP contribution in [0.25, 0.3) is 0 Å². The standard InChI is InChI=1S/C13H22N2OS/c1-4-6-14-13(16)11(3)15-10(2)8-12-5-7-17-9-12/h5,7,9-11,15H,4,6,8H2,1-3H3,(H,14,16). The van der Waals surface area contributed by atoms with Crippen LogP contribution in [0.15, 0.2) is 16.8 Å². The van der Waals surface area contributed by atoms with Crippen molar-refractivity contribution in [3.63, 3.8) is 0 Å². The fourth-order valence-electron chi connectivity index (χ4n) is 1.73. The Morgan fingerprint density at radius 3 is 2.82 bits per heavy atom. The molecule has 0 aliphatic carbocycles. The Balaban J connectivity index is 2.29. The number of hydrogen-bond acceptors (Lipinski definition) is 3. The summed E-state index contributed by atoms with van der Waals surface area (Å²) < 4.78 is 0. The second-order valence-electron chi connectivity index (χ2n) is 4.42. The van der Waals surface area contributed by atoms with Gasteiger partial charge in [0.15, 0.2) is 0 Å². The number of rotatable bonds is 7. The summed E-state index contributed by atoms with van der Waals surface area (Å²) in [5, 5.41) is 10.5. The van der Waals surface area contributed by atoms with Gasteiger partial charge in [0.1, 0.15) is 0 Å². The second-order valence-corrected chi connectivity index (χ2v) is 5.20. The van der Waals surface area contributed by atoms with Crippen molar-refractivity contribution >= 4 is 17.2 Å². The Kier molecular flexibility index (Phi) is 6.22. The topological polar surface area (TPSA) is 41.1 Å². The highest BCUT2D eigenvalue weighted by Gasteiger charge is 2.14. The summed E-state index contributed by atoms with van der Waals surface area (Å²) >= 11 is 1.71. The smallest absolute Gasteiger partial charge is 0.236 e. The van der Waals surface area contributed by atoms with Gasteiger partial charge >= 0.3 is 0 Å². The van der Waals surface area contributed by atoms with Crippen LogP contribution in [0.1, 0.15) is 32.8 Å². The van der Waals surface area contributed by atoms with Gasteiger partial charge in [-0.25, -0.2) is 0 Å². The molecule has 0 radical (unpaired) electrons. The van der Waals surface area contributed by atoms with Gasteiger partial charge in [-0.2, -0.15) is 11.3 Å². The molecule has 96 valence electrons. The first-order chi connectivity index (χ1) is 8.13. The van der Waals surface area contributed by atoms with Crippen LogP contribution in [0.3, 0.4) is 0 Å². The fraction of sp³-hybridized carbons (Fsp3) is 0.615. The number of hydrogen-bond donors (Lipinski definition) is 2. The van der Waals surface area contributed by atoms with Gasteiger partial charge in [-0.05, 0) is 49.1 Å². The predicted octanol–water partition coefficient (Wildman–Crippen LogP) is 2.18. The van der Waals surface area contributed by atoms with Crippen molar-refractivity contribution in [2.45, 2.75) is 45.7 Å². The largest absolute Gasteiger partial charge is 0.355 e. The summed E-state index contributed by atoms with van der Waals surface area (Å²) in [5.41, 5.74) is 1.33. The SMILES string of the molecule is CCCNC(=O)C(C)NC(C)Cc1ccsc1. The molecule has 0 fully saturated rings. The Hall–Kier alpha value is -0.870. The van der Waals surface area contributed by atoms with E-state index >= 15 is 0 Å². The summed E-state index contributed by atoms with van der Waals surface area (Å²) in [6.45, 7) is 6.83. The maximum atomic E-state index is 11.7. The Morgan fingerprint density at radius 2 is 2.24 bits per heavy atom. The van der Waals surface area contributed by atoms with Crippen LogP contribution in [-0.2, 0) is 11.2 Å². The van der Waals surface area contributed by atoms with Crippen LogP contribution in [0.2, 0.25) is 0 Å². The molecule has 1 heterocycles. The highest BCUT2D eigenvalue weighted by Crippen LogP contribution is 2.08. The minimum absolute atomic E-state index is 0.0871. The molecule has 0 bridgehead atoms. The molecule has 1 aromatic rings. The third-order valence-corrected chi connectivity index (χ3v) is 3.33. The average molecular weight is 254 g/mol. The molecule has 1 aromatic heterocycles. The maximum Gasteiger partial charge on any atom is 0.236 e. The third kappa shape index (κ3) is 5.33. The first-order valence-corrected chi connectivity index (χ1v) is 7.12. The average Bonchev–Trinajstić information content (AvgIpc) is 2.78. The number of amides is 1. The molecule has 2 unspecified atom stereocenters. The minimum atomic E-state index is -0.129. The Bertz CT molecular complexity index is 324. The molecule has 0 aromatic carbocycles. The van der Waals surface area contributed by atoms with E-state index in [4.69, 9.17) is 0 Å². The van der Waals surface area contributed by atoms with E-state index in [1.165, 1.54) is 5.56 Å². The van der Waals surface area contributed by atoms with Gasteiger partial charge in [0.25, 0.3) is 0 Å². The minimum Gasteiger partial charge on any atom is -0.355 e. The van der Waals surface area contributed by atoms with E-state index in [1.807, 2.05) is 6.92 Å². The zero-order valence-electron chi connectivity index (χ0n) is 10.8. The lowest BCUT2D eigenvalue weighted by Gasteiger charge is -2.19. The van der Waals surface area contributed by atoms with Crippen molar-refractivity contribution in [3.8, 4) is 0 Å². The van der Waals surface area contributed by atoms with Crippen molar-refractivity contribution in [1.29, 1.82) is 0 Å². The van der Waals surface area contributed by atoms with Crippen molar-refractivity contribution in [2.24, 2.45) is 0 Å². The zero-order chi connectivity index (χ0) is 12.7. The Labute approximate surface area is 108 Å². The van der Waals surface area contributed by atoms with E-state index in [1.54, 1.807) is 11.3 Å². The molecule has 0 aliphatic heterocycles. The van der Waals surface area contributed by atoms with Crippen LogP contribution >= 0.6 is 11.3 Å². The van der Waals surface area contributed by atoms with Gasteiger partial charge in [-0.1, -0.05) is 6.92 Å². The van der Waals surface area contributed by atoms with Gasteiger partial charge in [0, 0.05) is 12.6 Å². The fourth-order valence-corrected chi connectivity index (χ4v) is 2.41. The van der Waals surface area contributed by atoms with Crippen molar-refractivity contribution in [3.05, 3.63) is 22.4 Å². The molecule has 0 aliphatic rings. The summed E-state index contributed by atoms with van der Waals surface area (Å²) in [6, 6.07) is 2.31. The molecule has 4 heteroatoms. The van der Waals surface area contributed by atoms with Gasteiger partial charge in [-0.15, -0.1) is 0 Å². The number of thiophene rings is 1. The van der Waals surface area contributed by atoms with E-state index in [-0.39, 0.29) is 11.9 Å². The molecule has 0 saturated heterocycles. The van der Waals surface area contributed by atoms with Crippen molar-refractivity contribution < 1.29 is 4.79 Å². The normalized spacial score (nSPS) is 14.3. The first kappa shape index (κ1) is 14.2. The number of carbonyl (C=O) groups is 1. The molecule has 17 heavy (non-hydrogen) atoms. The van der Waals surface area contributed by atoms with Gasteiger partial charge in [0.2, 0.25) is 5.91 Å². The van der Waals surface area contributed by atoms with Gasteiger partial charge in [-0.3, -0.25) is 4.79 Å². The zero-order valence-corrected chi connectivity index (χ0v) is 11.6. The lowest BCUT2D eigenvalue weighted by Crippen LogP contribution is -2.46. The maximum absolute atomic E-state index is 11.7. The van der Waals surface area contributed by atoms with Crippen LogP contribution in [0.4, 0.5) is 0 Å². The lowest BCUT2D eigenvalue weighted by atomic mass is 10.1. The molecule has 1 amide bonds. The summed E-state index contributed by atoms with van der Waals surface area (Å²) in [7, 11) is 0. The number of nitrogens with one attached hydrogen (secondary N) is 2. The van der Waals surface area contributed by atoms with Crippen LogP contribution < -0.4 is 10.6 Å². The van der Waals surface area contributed by atoms with Crippen molar-refractivity contribution in [2.75, 3.05) is 6.54 Å². The van der Waals surface area contributed by atoms with E-state index in [0.717, 1.165) is 19.4 Å². The van der Waals surface area contributed by atoms with Crippen LogP contribution in [-0.4, -0.2) is 24.5 Å². The van der Waals surface area contributed by atoms with Crippen LogP contribution in [0.5, 0.6) is 0 Å². The Morgan fingerprint density at radius 1 is 1.47 bits per heavy atom. The highest BCUT2D eigenvalue weighted by atomic mass is 32.1. The third-order valence-electron chi connectivity index (χ3n) is 2.60. The predicted molar refractivity (Wildman–Crippen MR) is 73.4 cm³/mol. The molecule has 3 nitrogen and oxygen atoms in total. The monoisotopic (exact) mass is 254 g/mol. The van der Waals surface area contributed by atoms with Gasteiger partial charge in [0.05, 0.1) is 6.04 Å².